The average Bonchev–Trinajstić information content (AvgIpc) is 2.76. The lowest BCUT2D eigenvalue weighted by Gasteiger charge is -2.20. The zero-order valence-electron chi connectivity index (χ0n) is 19.0. The number of allylic oxidation sites excluding steroid dienone is 4. The van der Waals surface area contributed by atoms with Crippen LogP contribution in [0.15, 0.2) is 51.8 Å². The Morgan fingerprint density at radius 3 is 2.64 bits per heavy atom. The minimum Gasteiger partial charge on any atom is -0.391 e. The van der Waals surface area contributed by atoms with E-state index in [4.69, 9.17) is 27.9 Å². The van der Waals surface area contributed by atoms with Crippen LogP contribution in [0.5, 0.6) is 0 Å². The summed E-state index contributed by atoms with van der Waals surface area (Å²) < 4.78 is 14.2. The van der Waals surface area contributed by atoms with E-state index in [0.29, 0.717) is 27.7 Å². The van der Waals surface area contributed by atoms with Gasteiger partial charge in [-0.25, -0.2) is 4.21 Å². The van der Waals surface area contributed by atoms with Crippen molar-refractivity contribution in [3.63, 3.8) is 0 Å². The molecule has 0 aliphatic rings. The summed E-state index contributed by atoms with van der Waals surface area (Å²) >= 11 is 6.16. The van der Waals surface area contributed by atoms with Crippen molar-refractivity contribution >= 4 is 40.9 Å². The number of carbonyl (C=O) groups excluding carboxylic acids is 2. The lowest BCUT2D eigenvalue weighted by Crippen LogP contribution is -2.37. The minimum atomic E-state index is -1.53. The van der Waals surface area contributed by atoms with Crippen molar-refractivity contribution in [3.05, 3.63) is 52.3 Å². The number of benzene rings is 1. The van der Waals surface area contributed by atoms with Crippen LogP contribution in [0.2, 0.25) is 5.02 Å². The molecular formula is C20H30ClN7O4S. The summed E-state index contributed by atoms with van der Waals surface area (Å²) in [6, 6.07) is 5.31. The van der Waals surface area contributed by atoms with Crippen LogP contribution in [0.3, 0.4) is 0 Å². The van der Waals surface area contributed by atoms with Crippen molar-refractivity contribution in [3.8, 4) is 0 Å². The van der Waals surface area contributed by atoms with E-state index in [0.717, 1.165) is 5.56 Å². The van der Waals surface area contributed by atoms with Crippen molar-refractivity contribution in [1.29, 1.82) is 0 Å². The van der Waals surface area contributed by atoms with E-state index in [1.165, 1.54) is 9.31 Å². The van der Waals surface area contributed by atoms with Gasteiger partial charge in [0.25, 0.3) is 0 Å². The molecule has 0 saturated carbocycles. The average molecular weight is 500 g/mol. The number of halogens is 1. The number of hydrogen-bond donors (Lipinski definition) is 4. The third kappa shape index (κ3) is 10.4. The number of hydrazine groups is 1. The summed E-state index contributed by atoms with van der Waals surface area (Å²) in [5, 5.41) is 6.32. The van der Waals surface area contributed by atoms with Crippen LogP contribution in [0.25, 0.3) is 0 Å². The number of guanidine groups is 1. The molecule has 0 saturated heterocycles. The Morgan fingerprint density at radius 1 is 1.30 bits per heavy atom. The largest absolute Gasteiger partial charge is 0.391 e. The van der Waals surface area contributed by atoms with Gasteiger partial charge < -0.3 is 31.9 Å². The van der Waals surface area contributed by atoms with Gasteiger partial charge in [-0.1, -0.05) is 17.7 Å². The highest BCUT2D eigenvalue weighted by Gasteiger charge is 2.14. The number of carbonyl (C=O) groups is 2. The van der Waals surface area contributed by atoms with Gasteiger partial charge in [-0.15, -0.1) is 4.41 Å². The van der Waals surface area contributed by atoms with E-state index < -0.39 is 11.0 Å². The number of aryl methyl sites for hydroxylation is 1. The normalized spacial score (nSPS) is 12.7. The molecule has 0 spiro atoms. The molecule has 13 heteroatoms. The highest BCUT2D eigenvalue weighted by Crippen LogP contribution is 2.22. The van der Waals surface area contributed by atoms with E-state index in [2.05, 4.69) is 15.9 Å². The van der Waals surface area contributed by atoms with Crippen LogP contribution in [0.1, 0.15) is 19.4 Å². The Balaban J connectivity index is 2.65. The molecule has 182 valence electrons. The maximum absolute atomic E-state index is 12.7. The fourth-order valence-electron chi connectivity index (χ4n) is 2.37. The Kier molecular flexibility index (Phi) is 12.0. The van der Waals surface area contributed by atoms with E-state index in [1.54, 1.807) is 45.2 Å². The summed E-state index contributed by atoms with van der Waals surface area (Å²) in [5.74, 6) is -0.601. The fraction of sp³-hybridized carbons (Fsp3) is 0.350. The minimum absolute atomic E-state index is 0.0792. The number of amides is 2. The molecule has 0 aliphatic heterocycles. The zero-order chi connectivity index (χ0) is 25.0. The highest BCUT2D eigenvalue weighted by atomic mass is 35.5. The van der Waals surface area contributed by atoms with Gasteiger partial charge in [-0.05, 0) is 55.8 Å². The second kappa shape index (κ2) is 14.1. The Hall–Kier alpha value is -3.09. The van der Waals surface area contributed by atoms with Crippen LogP contribution in [0, 0.1) is 6.92 Å². The predicted molar refractivity (Wildman–Crippen MR) is 129 cm³/mol. The molecule has 0 radical (unpaired) electrons. The van der Waals surface area contributed by atoms with Crippen LogP contribution < -0.4 is 22.2 Å². The molecule has 0 bridgehead atoms. The predicted octanol–water partition coefficient (Wildman–Crippen LogP) is 0.695. The summed E-state index contributed by atoms with van der Waals surface area (Å²) in [6.07, 6.45) is 3.90. The maximum atomic E-state index is 12.7. The monoisotopic (exact) mass is 499 g/mol. The molecule has 33 heavy (non-hydrogen) atoms. The van der Waals surface area contributed by atoms with Gasteiger partial charge in [0, 0.05) is 18.4 Å². The van der Waals surface area contributed by atoms with Gasteiger partial charge in [-0.3, -0.25) is 9.59 Å². The molecule has 1 aromatic rings. The standard InChI is InChI=1S/C20H30ClN7O4S/c1-14-5-8-17(21)18(11-14)33(31)27(4)25-15(2)6-7-16(3)28(13-29)12-19(30)24-9-10-32-26-20(22)23/h5-8,11,13,25H,9-10,12H2,1-4H3,(H,24,30)(H4,22,23,26)/b15-6+,16-7-. The molecule has 0 aromatic heterocycles. The molecule has 0 heterocycles. The van der Waals surface area contributed by atoms with Crippen molar-refractivity contribution in [2.45, 2.75) is 25.7 Å². The topological polar surface area (TPSA) is 155 Å². The summed E-state index contributed by atoms with van der Waals surface area (Å²) in [7, 11) is 0.0929. The SMILES string of the molecule is C/C(=C/C=C(\C)NN(C)S(=O)c1cc(C)ccc1Cl)N(C=O)CC(=O)NCCON=C(N)N. The van der Waals surface area contributed by atoms with Crippen molar-refractivity contribution in [2.24, 2.45) is 16.6 Å². The Labute approximate surface area is 201 Å². The molecule has 1 rings (SSSR count). The molecule has 11 nitrogen and oxygen atoms in total. The maximum Gasteiger partial charge on any atom is 0.240 e. The molecule has 1 atom stereocenters. The Morgan fingerprint density at radius 2 is 2.00 bits per heavy atom. The molecule has 0 aliphatic carbocycles. The van der Waals surface area contributed by atoms with Crippen molar-refractivity contribution in [2.75, 3.05) is 26.7 Å². The molecule has 1 aromatic carbocycles. The van der Waals surface area contributed by atoms with E-state index >= 15 is 0 Å². The first-order valence-corrected chi connectivity index (χ1v) is 11.3. The van der Waals surface area contributed by atoms with Crippen LogP contribution >= 0.6 is 11.6 Å². The van der Waals surface area contributed by atoms with Gasteiger partial charge in [0.05, 0.1) is 16.5 Å². The third-order valence-electron chi connectivity index (χ3n) is 4.01. The summed E-state index contributed by atoms with van der Waals surface area (Å²) in [6.45, 7) is 5.41. The first-order valence-electron chi connectivity index (χ1n) is 9.78. The van der Waals surface area contributed by atoms with Crippen LogP contribution in [-0.2, 0) is 25.4 Å². The quantitative estimate of drug-likeness (QED) is 0.0776. The fourth-order valence-corrected chi connectivity index (χ4v) is 3.73. The molecular weight excluding hydrogens is 470 g/mol. The van der Waals surface area contributed by atoms with Crippen LogP contribution in [0.4, 0.5) is 0 Å². The first kappa shape index (κ1) is 27.9. The number of nitrogens with one attached hydrogen (secondary N) is 2. The van der Waals surface area contributed by atoms with E-state index in [9.17, 15) is 13.8 Å². The lowest BCUT2D eigenvalue weighted by atomic mass is 10.2. The Bertz CT molecular complexity index is 948. The molecule has 0 fully saturated rings. The third-order valence-corrected chi connectivity index (χ3v) is 5.76. The number of rotatable bonds is 13. The van der Waals surface area contributed by atoms with Gasteiger partial charge in [0.15, 0.2) is 0 Å². The molecule has 1 unspecified atom stereocenters. The van der Waals surface area contributed by atoms with E-state index in [1.807, 2.05) is 13.0 Å². The lowest BCUT2D eigenvalue weighted by molar-refractivity contribution is -0.126. The van der Waals surface area contributed by atoms with Gasteiger partial charge in [0.1, 0.15) is 24.1 Å². The first-order chi connectivity index (χ1) is 15.5. The van der Waals surface area contributed by atoms with Gasteiger partial charge in [0.2, 0.25) is 18.3 Å². The number of oxime groups is 1. The number of hydrogen-bond acceptors (Lipinski definition) is 6. The smallest absolute Gasteiger partial charge is 0.240 e. The van der Waals surface area contributed by atoms with Crippen LogP contribution in [-0.4, -0.2) is 58.5 Å². The summed E-state index contributed by atoms with van der Waals surface area (Å²) in [4.78, 5) is 29.9. The van der Waals surface area contributed by atoms with E-state index in [-0.39, 0.29) is 31.6 Å². The zero-order valence-corrected chi connectivity index (χ0v) is 20.6. The van der Waals surface area contributed by atoms with Crippen molar-refractivity contribution < 1.29 is 18.6 Å². The number of nitrogens with zero attached hydrogens (tertiary/aromatic N) is 3. The van der Waals surface area contributed by atoms with Gasteiger partial charge >= 0.3 is 0 Å². The number of nitrogens with two attached hydrogens (primary N) is 2. The second-order valence-corrected chi connectivity index (χ2v) is 8.78. The molecule has 6 N–H and O–H groups in total. The highest BCUT2D eigenvalue weighted by molar-refractivity contribution is 7.82. The van der Waals surface area contributed by atoms with Crippen molar-refractivity contribution in [1.82, 2.24) is 20.1 Å². The summed E-state index contributed by atoms with van der Waals surface area (Å²) in [5.41, 5.74) is 15.3. The van der Waals surface area contributed by atoms with Gasteiger partial charge in [-0.2, -0.15) is 0 Å². The second-order valence-electron chi connectivity index (χ2n) is 6.88. The molecule has 2 amide bonds.